The lowest BCUT2D eigenvalue weighted by molar-refractivity contribution is -0.00886. The van der Waals surface area contributed by atoms with Gasteiger partial charge in [0.1, 0.15) is 0 Å². The molecule has 0 aliphatic carbocycles. The number of ether oxygens (including phenoxy) is 1. The Bertz CT molecular complexity index is 339. The van der Waals surface area contributed by atoms with Crippen LogP contribution in [-0.2, 0) is 18.3 Å². The minimum atomic E-state index is -0.441. The second kappa shape index (κ2) is 7.51. The largest absolute Gasteiger partial charge is 0.389 e. The van der Waals surface area contributed by atoms with Crippen LogP contribution < -0.4 is 0 Å². The number of aryl methyl sites for hydroxylation is 1. The van der Waals surface area contributed by atoms with Crippen molar-refractivity contribution in [2.75, 3.05) is 19.7 Å². The van der Waals surface area contributed by atoms with E-state index in [9.17, 15) is 5.11 Å². The summed E-state index contributed by atoms with van der Waals surface area (Å²) in [7, 11) is 1.91. The summed E-state index contributed by atoms with van der Waals surface area (Å²) >= 11 is 0. The van der Waals surface area contributed by atoms with E-state index in [1.807, 2.05) is 33.3 Å². The molecule has 0 fully saturated rings. The summed E-state index contributed by atoms with van der Waals surface area (Å²) in [6.07, 6.45) is 3.58. The fraction of sp³-hybridized carbons (Fsp3) is 0.769. The fourth-order valence-corrected chi connectivity index (χ4v) is 1.77. The lowest BCUT2D eigenvalue weighted by atomic mass is 10.3. The normalized spacial score (nSPS) is 13.5. The van der Waals surface area contributed by atoms with Crippen LogP contribution in [0.15, 0.2) is 12.4 Å². The van der Waals surface area contributed by atoms with Gasteiger partial charge in [-0.1, -0.05) is 6.92 Å². The second-order valence-corrected chi connectivity index (χ2v) is 4.89. The van der Waals surface area contributed by atoms with Crippen molar-refractivity contribution in [3.63, 3.8) is 0 Å². The van der Waals surface area contributed by atoms with Gasteiger partial charge in [0.05, 0.1) is 25.0 Å². The molecule has 1 aromatic heterocycles. The maximum Gasteiger partial charge on any atom is 0.0900 e. The van der Waals surface area contributed by atoms with Crippen molar-refractivity contribution in [3.05, 3.63) is 18.0 Å². The first-order valence-corrected chi connectivity index (χ1v) is 6.50. The van der Waals surface area contributed by atoms with Crippen molar-refractivity contribution in [3.8, 4) is 0 Å². The number of aromatic nitrogens is 2. The van der Waals surface area contributed by atoms with Crippen molar-refractivity contribution >= 4 is 0 Å². The molecule has 0 aliphatic heterocycles. The predicted octanol–water partition coefficient (Wildman–Crippen LogP) is 1.03. The first kappa shape index (κ1) is 15.1. The zero-order valence-corrected chi connectivity index (χ0v) is 11.8. The monoisotopic (exact) mass is 255 g/mol. The molecule has 1 rings (SSSR count). The summed E-state index contributed by atoms with van der Waals surface area (Å²) in [5.74, 6) is 0. The topological polar surface area (TPSA) is 50.5 Å². The smallest absolute Gasteiger partial charge is 0.0900 e. The number of nitrogens with zero attached hydrogens (tertiary/aromatic N) is 3. The number of aliphatic hydroxyl groups is 1. The van der Waals surface area contributed by atoms with E-state index in [-0.39, 0.29) is 6.10 Å². The molecule has 1 unspecified atom stereocenters. The number of aliphatic hydroxyl groups excluding tert-OH is 1. The Hall–Kier alpha value is -0.910. The summed E-state index contributed by atoms with van der Waals surface area (Å²) in [6, 6.07) is 0. The van der Waals surface area contributed by atoms with Crippen molar-refractivity contribution in [1.82, 2.24) is 14.7 Å². The average molecular weight is 255 g/mol. The quantitative estimate of drug-likeness (QED) is 0.754. The number of likely N-dealkylation sites (N-methyl/N-ethyl adjacent to an activating group) is 1. The fourth-order valence-electron chi connectivity index (χ4n) is 1.77. The van der Waals surface area contributed by atoms with Crippen LogP contribution in [0.2, 0.25) is 0 Å². The molecule has 5 nitrogen and oxygen atoms in total. The highest BCUT2D eigenvalue weighted by Crippen LogP contribution is 2.04. The minimum absolute atomic E-state index is 0.160. The minimum Gasteiger partial charge on any atom is -0.389 e. The van der Waals surface area contributed by atoms with Crippen molar-refractivity contribution in [1.29, 1.82) is 0 Å². The van der Waals surface area contributed by atoms with Gasteiger partial charge in [0.25, 0.3) is 0 Å². The molecule has 1 aromatic rings. The molecule has 104 valence electrons. The Balaban J connectivity index is 2.37. The highest BCUT2D eigenvalue weighted by atomic mass is 16.5. The van der Waals surface area contributed by atoms with E-state index < -0.39 is 6.10 Å². The third-order valence-corrected chi connectivity index (χ3v) is 2.70. The van der Waals surface area contributed by atoms with Gasteiger partial charge in [0.15, 0.2) is 0 Å². The van der Waals surface area contributed by atoms with Crippen LogP contribution in [0.5, 0.6) is 0 Å². The standard InChI is InChI=1S/C13H25N3O2/c1-5-16(8-12-6-14-15(4)7-12)9-13(17)10-18-11(2)3/h6-7,11,13,17H,5,8-10H2,1-4H3. The Morgan fingerprint density at radius 1 is 1.50 bits per heavy atom. The molecule has 0 saturated carbocycles. The molecule has 1 heterocycles. The molecule has 0 spiro atoms. The summed E-state index contributed by atoms with van der Waals surface area (Å²) < 4.78 is 7.20. The van der Waals surface area contributed by atoms with Crippen LogP contribution in [-0.4, -0.2) is 51.7 Å². The van der Waals surface area contributed by atoms with Crippen molar-refractivity contribution in [2.24, 2.45) is 7.05 Å². The van der Waals surface area contributed by atoms with Gasteiger partial charge in [-0.05, 0) is 20.4 Å². The van der Waals surface area contributed by atoms with E-state index in [4.69, 9.17) is 4.74 Å². The maximum absolute atomic E-state index is 9.90. The summed E-state index contributed by atoms with van der Waals surface area (Å²) in [5, 5.41) is 14.0. The molecule has 18 heavy (non-hydrogen) atoms. The van der Waals surface area contributed by atoms with E-state index >= 15 is 0 Å². The molecular formula is C13H25N3O2. The molecule has 0 aromatic carbocycles. The lowest BCUT2D eigenvalue weighted by Crippen LogP contribution is -2.35. The molecule has 0 radical (unpaired) electrons. The summed E-state index contributed by atoms with van der Waals surface area (Å²) in [4.78, 5) is 2.19. The van der Waals surface area contributed by atoms with Gasteiger partial charge in [0, 0.05) is 31.9 Å². The highest BCUT2D eigenvalue weighted by molar-refractivity contribution is 5.03. The summed E-state index contributed by atoms with van der Waals surface area (Å²) in [6.45, 7) is 8.75. The SMILES string of the molecule is CCN(Cc1cnn(C)c1)CC(O)COC(C)C. The third kappa shape index (κ3) is 5.62. The summed E-state index contributed by atoms with van der Waals surface area (Å²) in [5.41, 5.74) is 1.16. The van der Waals surface area contributed by atoms with Crippen LogP contribution in [0, 0.1) is 0 Å². The zero-order valence-electron chi connectivity index (χ0n) is 11.8. The molecular weight excluding hydrogens is 230 g/mol. The van der Waals surface area contributed by atoms with Gasteiger partial charge in [-0.15, -0.1) is 0 Å². The molecule has 0 saturated heterocycles. The van der Waals surface area contributed by atoms with E-state index in [1.54, 1.807) is 4.68 Å². The Morgan fingerprint density at radius 2 is 2.22 bits per heavy atom. The molecule has 1 N–H and O–H groups in total. The number of hydrogen-bond donors (Lipinski definition) is 1. The molecule has 0 bridgehead atoms. The van der Waals surface area contributed by atoms with Crippen LogP contribution in [0.4, 0.5) is 0 Å². The van der Waals surface area contributed by atoms with Crippen LogP contribution >= 0.6 is 0 Å². The Kier molecular flexibility index (Phi) is 6.32. The zero-order chi connectivity index (χ0) is 13.5. The van der Waals surface area contributed by atoms with Crippen LogP contribution in [0.1, 0.15) is 26.3 Å². The van der Waals surface area contributed by atoms with E-state index in [2.05, 4.69) is 16.9 Å². The van der Waals surface area contributed by atoms with Crippen LogP contribution in [0.25, 0.3) is 0 Å². The van der Waals surface area contributed by atoms with E-state index in [0.717, 1.165) is 18.7 Å². The van der Waals surface area contributed by atoms with Crippen molar-refractivity contribution < 1.29 is 9.84 Å². The Labute approximate surface area is 109 Å². The third-order valence-electron chi connectivity index (χ3n) is 2.70. The number of hydrogen-bond acceptors (Lipinski definition) is 4. The van der Waals surface area contributed by atoms with E-state index in [1.165, 1.54) is 0 Å². The van der Waals surface area contributed by atoms with Crippen molar-refractivity contribution in [2.45, 2.75) is 39.5 Å². The van der Waals surface area contributed by atoms with Gasteiger partial charge >= 0.3 is 0 Å². The van der Waals surface area contributed by atoms with Gasteiger partial charge in [-0.3, -0.25) is 9.58 Å². The first-order chi connectivity index (χ1) is 8.51. The van der Waals surface area contributed by atoms with E-state index in [0.29, 0.717) is 13.2 Å². The molecule has 1 atom stereocenters. The second-order valence-electron chi connectivity index (χ2n) is 4.89. The van der Waals surface area contributed by atoms with Gasteiger partial charge in [0.2, 0.25) is 0 Å². The van der Waals surface area contributed by atoms with Crippen LogP contribution in [0.3, 0.4) is 0 Å². The molecule has 0 aliphatic rings. The first-order valence-electron chi connectivity index (χ1n) is 6.50. The lowest BCUT2D eigenvalue weighted by Gasteiger charge is -2.23. The molecule has 5 heteroatoms. The molecule has 0 amide bonds. The maximum atomic E-state index is 9.90. The average Bonchev–Trinajstić information content (AvgIpc) is 2.71. The number of rotatable bonds is 8. The van der Waals surface area contributed by atoms with Gasteiger partial charge in [-0.25, -0.2) is 0 Å². The van der Waals surface area contributed by atoms with Gasteiger partial charge < -0.3 is 9.84 Å². The van der Waals surface area contributed by atoms with Gasteiger partial charge in [-0.2, -0.15) is 5.10 Å². The predicted molar refractivity (Wildman–Crippen MR) is 71.3 cm³/mol. The Morgan fingerprint density at radius 3 is 2.72 bits per heavy atom. The highest BCUT2D eigenvalue weighted by Gasteiger charge is 2.12.